The number of benzene rings is 2. The van der Waals surface area contributed by atoms with Gasteiger partial charge in [0, 0.05) is 5.39 Å². The topological polar surface area (TPSA) is 72.2 Å². The van der Waals surface area contributed by atoms with E-state index < -0.39 is 16.1 Å². The highest BCUT2D eigenvalue weighted by Crippen LogP contribution is 2.22. The van der Waals surface area contributed by atoms with E-state index in [9.17, 15) is 8.42 Å². The number of fused-ring (bicyclic) bond motifs is 1. The molecule has 0 amide bonds. The normalized spacial score (nSPS) is 13.2. The summed E-state index contributed by atoms with van der Waals surface area (Å²) in [6, 6.07) is 12.0. The third-order valence-electron chi connectivity index (χ3n) is 3.09. The zero-order chi connectivity index (χ0) is 14.8. The highest BCUT2D eigenvalue weighted by atomic mass is 32.2. The summed E-state index contributed by atoms with van der Waals surface area (Å²) in [6.07, 6.45) is 0.513. The van der Waals surface area contributed by atoms with E-state index in [1.54, 1.807) is 18.2 Å². The summed E-state index contributed by atoms with van der Waals surface area (Å²) in [7, 11) is -3.66. The van der Waals surface area contributed by atoms with Gasteiger partial charge in [-0.05, 0) is 17.9 Å². The molecule has 0 aliphatic heterocycles. The van der Waals surface area contributed by atoms with Crippen molar-refractivity contribution in [2.24, 2.45) is 5.73 Å². The second-order valence-corrected chi connectivity index (χ2v) is 6.62. The van der Waals surface area contributed by atoms with Crippen molar-refractivity contribution in [2.75, 3.05) is 0 Å². The van der Waals surface area contributed by atoms with Crippen LogP contribution in [0.2, 0.25) is 0 Å². The average Bonchev–Trinajstić information content (AvgIpc) is 2.43. The quantitative estimate of drug-likeness (QED) is 0.831. The minimum absolute atomic E-state index is 0.149. The summed E-state index contributed by atoms with van der Waals surface area (Å²) >= 11 is 4.88. The lowest BCUT2D eigenvalue weighted by atomic mass is 10.1. The summed E-state index contributed by atoms with van der Waals surface area (Å²) in [5.74, 6) is 0. The molecule has 2 rings (SSSR count). The van der Waals surface area contributed by atoms with Crippen molar-refractivity contribution >= 4 is 38.0 Å². The predicted molar refractivity (Wildman–Crippen MR) is 85.1 cm³/mol. The molecule has 2 aromatic rings. The van der Waals surface area contributed by atoms with Gasteiger partial charge in [-0.15, -0.1) is 0 Å². The maximum absolute atomic E-state index is 12.5. The van der Waals surface area contributed by atoms with Gasteiger partial charge in [0.25, 0.3) is 0 Å². The highest BCUT2D eigenvalue weighted by Gasteiger charge is 2.22. The second-order valence-electron chi connectivity index (χ2n) is 4.46. The van der Waals surface area contributed by atoms with Gasteiger partial charge in [-0.25, -0.2) is 13.1 Å². The third-order valence-corrected chi connectivity index (χ3v) is 4.90. The van der Waals surface area contributed by atoms with Crippen LogP contribution in [0.1, 0.15) is 13.3 Å². The Kier molecular flexibility index (Phi) is 4.37. The van der Waals surface area contributed by atoms with Crippen LogP contribution in [0.4, 0.5) is 0 Å². The molecule has 0 aromatic heterocycles. The van der Waals surface area contributed by atoms with E-state index in [2.05, 4.69) is 4.72 Å². The van der Waals surface area contributed by atoms with Gasteiger partial charge in [0.2, 0.25) is 10.0 Å². The lowest BCUT2D eigenvalue weighted by Crippen LogP contribution is -2.42. The Hall–Kier alpha value is -1.50. The number of rotatable bonds is 5. The maximum atomic E-state index is 12.5. The fourth-order valence-corrected chi connectivity index (χ4v) is 3.85. The first-order valence-electron chi connectivity index (χ1n) is 6.25. The Balaban J connectivity index is 2.50. The van der Waals surface area contributed by atoms with Gasteiger partial charge < -0.3 is 5.73 Å². The molecular weight excluding hydrogens is 292 g/mol. The Morgan fingerprint density at radius 1 is 1.25 bits per heavy atom. The van der Waals surface area contributed by atoms with Crippen molar-refractivity contribution in [3.8, 4) is 0 Å². The fourth-order valence-electron chi connectivity index (χ4n) is 2.02. The predicted octanol–water partition coefficient (Wildman–Crippen LogP) is 2.18. The maximum Gasteiger partial charge on any atom is 0.241 e. The van der Waals surface area contributed by atoms with Gasteiger partial charge in [0.05, 0.1) is 15.9 Å². The van der Waals surface area contributed by atoms with Crippen LogP contribution in [-0.4, -0.2) is 19.4 Å². The number of hydrogen-bond donors (Lipinski definition) is 2. The largest absolute Gasteiger partial charge is 0.392 e. The highest BCUT2D eigenvalue weighted by molar-refractivity contribution is 7.90. The molecular formula is C14H16N2O2S2. The Morgan fingerprint density at radius 3 is 2.55 bits per heavy atom. The van der Waals surface area contributed by atoms with Gasteiger partial charge in [0.15, 0.2) is 0 Å². The molecule has 2 aromatic carbocycles. The van der Waals surface area contributed by atoms with Gasteiger partial charge in [0.1, 0.15) is 0 Å². The molecule has 6 heteroatoms. The van der Waals surface area contributed by atoms with Crippen molar-refractivity contribution in [1.29, 1.82) is 0 Å². The molecule has 0 spiro atoms. The second kappa shape index (κ2) is 5.87. The summed E-state index contributed by atoms with van der Waals surface area (Å²) in [4.78, 5) is 0.390. The molecule has 0 saturated heterocycles. The molecule has 0 aliphatic carbocycles. The number of thiocarbonyl (C=S) groups is 1. The van der Waals surface area contributed by atoms with Crippen molar-refractivity contribution < 1.29 is 8.42 Å². The molecule has 20 heavy (non-hydrogen) atoms. The van der Waals surface area contributed by atoms with Crippen molar-refractivity contribution in [3.05, 3.63) is 42.5 Å². The number of sulfonamides is 1. The van der Waals surface area contributed by atoms with Crippen molar-refractivity contribution in [1.82, 2.24) is 4.72 Å². The lowest BCUT2D eigenvalue weighted by Gasteiger charge is -2.16. The van der Waals surface area contributed by atoms with E-state index in [1.165, 1.54) is 0 Å². The zero-order valence-corrected chi connectivity index (χ0v) is 12.7. The minimum atomic E-state index is -3.66. The molecule has 4 nitrogen and oxygen atoms in total. The van der Waals surface area contributed by atoms with E-state index in [0.717, 1.165) is 5.39 Å². The van der Waals surface area contributed by atoms with Crippen LogP contribution >= 0.6 is 12.2 Å². The lowest BCUT2D eigenvalue weighted by molar-refractivity contribution is 0.573. The Bertz CT molecular complexity index is 736. The average molecular weight is 308 g/mol. The van der Waals surface area contributed by atoms with Gasteiger partial charge >= 0.3 is 0 Å². The molecule has 0 fully saturated rings. The smallest absolute Gasteiger partial charge is 0.241 e. The van der Waals surface area contributed by atoms with Crippen LogP contribution in [0, 0.1) is 0 Å². The van der Waals surface area contributed by atoms with Gasteiger partial charge in [-0.2, -0.15) is 0 Å². The SMILES string of the molecule is CCC(NS(=O)(=O)c1cccc2ccccc12)C(N)=S. The van der Waals surface area contributed by atoms with E-state index >= 15 is 0 Å². The summed E-state index contributed by atoms with van der Waals surface area (Å²) in [6.45, 7) is 1.83. The van der Waals surface area contributed by atoms with Gasteiger partial charge in [-0.1, -0.05) is 55.5 Å². The molecule has 0 saturated carbocycles. The Morgan fingerprint density at radius 2 is 1.90 bits per heavy atom. The first-order valence-corrected chi connectivity index (χ1v) is 8.14. The number of hydrogen-bond acceptors (Lipinski definition) is 3. The Labute approximate surface area is 124 Å². The monoisotopic (exact) mass is 308 g/mol. The molecule has 0 heterocycles. The molecule has 1 unspecified atom stereocenters. The van der Waals surface area contributed by atoms with E-state index in [0.29, 0.717) is 11.8 Å². The first kappa shape index (κ1) is 14.9. The van der Waals surface area contributed by atoms with Crippen LogP contribution in [0.15, 0.2) is 47.4 Å². The van der Waals surface area contributed by atoms with Crippen molar-refractivity contribution in [3.63, 3.8) is 0 Å². The zero-order valence-electron chi connectivity index (χ0n) is 11.0. The summed E-state index contributed by atoms with van der Waals surface area (Å²) in [5, 5.41) is 1.55. The third kappa shape index (κ3) is 2.98. The standard InChI is InChI=1S/C14H16N2O2S2/c1-2-12(14(15)19)16-20(17,18)13-9-5-7-10-6-3-4-8-11(10)13/h3-9,12,16H,2H2,1H3,(H2,15,19). The van der Waals surface area contributed by atoms with Crippen LogP contribution in [0.5, 0.6) is 0 Å². The number of nitrogens with one attached hydrogen (secondary N) is 1. The molecule has 0 bridgehead atoms. The molecule has 106 valence electrons. The summed E-state index contributed by atoms with van der Waals surface area (Å²) in [5.41, 5.74) is 5.55. The fraction of sp³-hybridized carbons (Fsp3) is 0.214. The molecule has 3 N–H and O–H groups in total. The van der Waals surface area contributed by atoms with E-state index in [-0.39, 0.29) is 9.88 Å². The van der Waals surface area contributed by atoms with E-state index in [4.69, 9.17) is 18.0 Å². The number of nitrogens with two attached hydrogens (primary N) is 1. The first-order chi connectivity index (χ1) is 9.45. The van der Waals surface area contributed by atoms with Crippen molar-refractivity contribution in [2.45, 2.75) is 24.3 Å². The van der Waals surface area contributed by atoms with Crippen LogP contribution in [-0.2, 0) is 10.0 Å². The van der Waals surface area contributed by atoms with Crippen LogP contribution < -0.4 is 10.5 Å². The molecule has 1 atom stereocenters. The van der Waals surface area contributed by atoms with Crippen LogP contribution in [0.3, 0.4) is 0 Å². The molecule has 0 aliphatic rings. The van der Waals surface area contributed by atoms with E-state index in [1.807, 2.05) is 31.2 Å². The molecule has 0 radical (unpaired) electrons. The minimum Gasteiger partial charge on any atom is -0.392 e. The summed E-state index contributed by atoms with van der Waals surface area (Å²) < 4.78 is 27.5. The van der Waals surface area contributed by atoms with Gasteiger partial charge in [-0.3, -0.25) is 0 Å². The van der Waals surface area contributed by atoms with Crippen LogP contribution in [0.25, 0.3) is 10.8 Å².